The molecule has 0 spiro atoms. The van der Waals surface area contributed by atoms with Crippen molar-refractivity contribution in [3.05, 3.63) is 17.8 Å². The van der Waals surface area contributed by atoms with Crippen LogP contribution in [0.25, 0.3) is 0 Å². The molecule has 0 bridgehead atoms. The summed E-state index contributed by atoms with van der Waals surface area (Å²) in [5.74, 6) is 0.841. The molecule has 0 aliphatic heterocycles. The lowest BCUT2D eigenvalue weighted by atomic mass is 10.2. The number of nitrogens with two attached hydrogens (primary N) is 1. The first kappa shape index (κ1) is 14.8. The maximum atomic E-state index is 5.72. The molecule has 0 fully saturated rings. The SMILES string of the molecule is COCCCN(CCOC)c1nnccc1CN. The number of hydrogen-bond acceptors (Lipinski definition) is 6. The van der Waals surface area contributed by atoms with Gasteiger partial charge >= 0.3 is 0 Å². The molecule has 1 heterocycles. The minimum Gasteiger partial charge on any atom is -0.385 e. The molecule has 0 unspecified atom stereocenters. The summed E-state index contributed by atoms with van der Waals surface area (Å²) in [6.45, 7) is 3.45. The molecule has 0 amide bonds. The Morgan fingerprint density at radius 3 is 2.67 bits per heavy atom. The normalized spacial score (nSPS) is 10.6. The van der Waals surface area contributed by atoms with Crippen molar-refractivity contribution in [1.82, 2.24) is 10.2 Å². The van der Waals surface area contributed by atoms with E-state index in [1.54, 1.807) is 20.4 Å². The maximum Gasteiger partial charge on any atom is 0.155 e. The monoisotopic (exact) mass is 254 g/mol. The molecule has 0 radical (unpaired) electrons. The molecular formula is C12H22N4O2. The Morgan fingerprint density at radius 1 is 1.22 bits per heavy atom. The lowest BCUT2D eigenvalue weighted by Gasteiger charge is -2.24. The molecule has 0 saturated heterocycles. The Labute approximate surface area is 108 Å². The van der Waals surface area contributed by atoms with E-state index >= 15 is 0 Å². The average Bonchev–Trinajstić information content (AvgIpc) is 2.42. The summed E-state index contributed by atoms with van der Waals surface area (Å²) in [6, 6.07) is 1.90. The van der Waals surface area contributed by atoms with Crippen LogP contribution in [0.3, 0.4) is 0 Å². The lowest BCUT2D eigenvalue weighted by molar-refractivity contribution is 0.190. The largest absolute Gasteiger partial charge is 0.385 e. The van der Waals surface area contributed by atoms with Crippen LogP contribution in [0, 0.1) is 0 Å². The zero-order chi connectivity index (χ0) is 13.2. The fraction of sp³-hybridized carbons (Fsp3) is 0.667. The second kappa shape index (κ2) is 8.79. The lowest BCUT2D eigenvalue weighted by Crippen LogP contribution is -2.31. The molecule has 6 nitrogen and oxygen atoms in total. The van der Waals surface area contributed by atoms with Gasteiger partial charge in [-0.05, 0) is 12.5 Å². The van der Waals surface area contributed by atoms with Gasteiger partial charge in [0.15, 0.2) is 5.82 Å². The van der Waals surface area contributed by atoms with E-state index in [2.05, 4.69) is 15.1 Å². The van der Waals surface area contributed by atoms with Crippen LogP contribution in [0.2, 0.25) is 0 Å². The molecule has 18 heavy (non-hydrogen) atoms. The van der Waals surface area contributed by atoms with E-state index in [0.29, 0.717) is 13.2 Å². The van der Waals surface area contributed by atoms with Crippen molar-refractivity contribution in [2.45, 2.75) is 13.0 Å². The van der Waals surface area contributed by atoms with Crippen molar-refractivity contribution in [1.29, 1.82) is 0 Å². The van der Waals surface area contributed by atoms with E-state index in [9.17, 15) is 0 Å². The quantitative estimate of drug-likeness (QED) is 0.644. The third kappa shape index (κ3) is 4.56. The van der Waals surface area contributed by atoms with Crippen molar-refractivity contribution >= 4 is 5.82 Å². The molecule has 102 valence electrons. The Hall–Kier alpha value is -1.24. The van der Waals surface area contributed by atoms with Gasteiger partial charge in [-0.3, -0.25) is 0 Å². The van der Waals surface area contributed by atoms with Gasteiger partial charge in [0.25, 0.3) is 0 Å². The second-order valence-corrected chi connectivity index (χ2v) is 3.91. The summed E-state index contributed by atoms with van der Waals surface area (Å²) < 4.78 is 10.2. The predicted molar refractivity (Wildman–Crippen MR) is 70.5 cm³/mol. The van der Waals surface area contributed by atoms with Gasteiger partial charge in [-0.15, -0.1) is 5.10 Å². The number of methoxy groups -OCH3 is 2. The first-order valence-corrected chi connectivity index (χ1v) is 6.07. The van der Waals surface area contributed by atoms with Gasteiger partial charge in [0.2, 0.25) is 0 Å². The second-order valence-electron chi connectivity index (χ2n) is 3.91. The smallest absolute Gasteiger partial charge is 0.155 e. The summed E-state index contributed by atoms with van der Waals surface area (Å²) in [4.78, 5) is 2.14. The molecule has 0 aliphatic rings. The summed E-state index contributed by atoms with van der Waals surface area (Å²) >= 11 is 0. The van der Waals surface area contributed by atoms with Crippen LogP contribution in [0.1, 0.15) is 12.0 Å². The summed E-state index contributed by atoms with van der Waals surface area (Å²) in [6.07, 6.45) is 2.59. The first-order valence-electron chi connectivity index (χ1n) is 6.07. The number of anilines is 1. The van der Waals surface area contributed by atoms with Crippen LogP contribution in [0.5, 0.6) is 0 Å². The zero-order valence-electron chi connectivity index (χ0n) is 11.1. The van der Waals surface area contributed by atoms with Crippen molar-refractivity contribution in [2.24, 2.45) is 5.73 Å². The summed E-state index contributed by atoms with van der Waals surface area (Å²) in [5.41, 5.74) is 6.72. The number of rotatable bonds is 9. The highest BCUT2D eigenvalue weighted by Crippen LogP contribution is 2.15. The summed E-state index contributed by atoms with van der Waals surface area (Å²) in [7, 11) is 3.39. The standard InChI is InChI=1S/C12H22N4O2/c1-17-8-3-6-16(7-9-18-2)12-11(10-13)4-5-14-15-12/h4-5H,3,6-10,13H2,1-2H3. The van der Waals surface area contributed by atoms with Crippen LogP contribution in [0.15, 0.2) is 12.3 Å². The minimum absolute atomic E-state index is 0.457. The molecule has 0 saturated carbocycles. The fourth-order valence-electron chi connectivity index (χ4n) is 1.70. The number of nitrogens with zero attached hydrogens (tertiary/aromatic N) is 3. The van der Waals surface area contributed by atoms with E-state index in [-0.39, 0.29) is 0 Å². The highest BCUT2D eigenvalue weighted by Gasteiger charge is 2.12. The van der Waals surface area contributed by atoms with Crippen molar-refractivity contribution in [3.63, 3.8) is 0 Å². The van der Waals surface area contributed by atoms with Gasteiger partial charge in [0.1, 0.15) is 0 Å². The van der Waals surface area contributed by atoms with Crippen LogP contribution >= 0.6 is 0 Å². The highest BCUT2D eigenvalue weighted by molar-refractivity contribution is 5.45. The van der Waals surface area contributed by atoms with Gasteiger partial charge in [-0.25, -0.2) is 0 Å². The Bertz CT molecular complexity index is 336. The van der Waals surface area contributed by atoms with Crippen LogP contribution in [-0.2, 0) is 16.0 Å². The predicted octanol–water partition coefficient (Wildman–Crippen LogP) is 0.425. The third-order valence-corrected chi connectivity index (χ3v) is 2.64. The molecule has 6 heteroatoms. The van der Waals surface area contributed by atoms with E-state index in [1.807, 2.05) is 6.07 Å². The average molecular weight is 254 g/mol. The van der Waals surface area contributed by atoms with Gasteiger partial charge < -0.3 is 20.1 Å². The fourth-order valence-corrected chi connectivity index (χ4v) is 1.70. The molecule has 0 aliphatic carbocycles. The third-order valence-electron chi connectivity index (χ3n) is 2.64. The Kier molecular flexibility index (Phi) is 7.24. The number of aromatic nitrogens is 2. The Balaban J connectivity index is 2.72. The van der Waals surface area contributed by atoms with Crippen LogP contribution in [0.4, 0.5) is 5.82 Å². The molecule has 0 aromatic carbocycles. The maximum absolute atomic E-state index is 5.72. The molecule has 0 atom stereocenters. The van der Waals surface area contributed by atoms with Crippen molar-refractivity contribution < 1.29 is 9.47 Å². The summed E-state index contributed by atoms with van der Waals surface area (Å²) in [5, 5.41) is 8.11. The van der Waals surface area contributed by atoms with Gasteiger partial charge in [0.05, 0.1) is 12.8 Å². The van der Waals surface area contributed by atoms with E-state index in [0.717, 1.165) is 37.5 Å². The van der Waals surface area contributed by atoms with Crippen LogP contribution in [-0.4, -0.2) is 50.7 Å². The van der Waals surface area contributed by atoms with E-state index < -0.39 is 0 Å². The van der Waals surface area contributed by atoms with Crippen molar-refractivity contribution in [3.8, 4) is 0 Å². The highest BCUT2D eigenvalue weighted by atomic mass is 16.5. The van der Waals surface area contributed by atoms with Crippen molar-refractivity contribution in [2.75, 3.05) is 45.4 Å². The van der Waals surface area contributed by atoms with Gasteiger partial charge in [-0.1, -0.05) is 0 Å². The number of ether oxygens (including phenoxy) is 2. The molecule has 1 aromatic heterocycles. The van der Waals surface area contributed by atoms with Crippen LogP contribution < -0.4 is 10.6 Å². The molecule has 1 aromatic rings. The van der Waals surface area contributed by atoms with E-state index in [4.69, 9.17) is 15.2 Å². The Morgan fingerprint density at radius 2 is 2.00 bits per heavy atom. The molecule has 1 rings (SSSR count). The first-order chi connectivity index (χ1) is 8.83. The molecule has 2 N–H and O–H groups in total. The van der Waals surface area contributed by atoms with Gasteiger partial charge in [0, 0.05) is 46.0 Å². The van der Waals surface area contributed by atoms with E-state index in [1.165, 1.54) is 0 Å². The number of hydrogen-bond donors (Lipinski definition) is 1. The zero-order valence-corrected chi connectivity index (χ0v) is 11.1. The topological polar surface area (TPSA) is 73.5 Å². The minimum atomic E-state index is 0.457. The molecular weight excluding hydrogens is 232 g/mol. The van der Waals surface area contributed by atoms with Gasteiger partial charge in [-0.2, -0.15) is 5.10 Å².